The van der Waals surface area contributed by atoms with Crippen LogP contribution < -0.4 is 10.5 Å². The van der Waals surface area contributed by atoms with E-state index in [1.165, 1.54) is 25.5 Å². The standard InChI is InChI=1S/C37H37N3O4/c1-3-4-7-27-10-12-28(13-11-27)14-15-29-16-18-30(19-17-29)24-40(37(42)36(39)33-8-5-6-9-34(33)38)25-31-20-22-32(23-21-31)44-26-35(41)43-2/h5-6,8-13,16-23,39H,3-4,7,24-26,38H2,1-2H3. The monoisotopic (exact) mass is 587 g/mol. The number of para-hydroxylation sites is 1. The van der Waals surface area contributed by atoms with Crippen LogP contribution in [0.2, 0.25) is 0 Å². The number of nitrogens with two attached hydrogens (primary N) is 1. The highest BCUT2D eigenvalue weighted by Crippen LogP contribution is 2.19. The first-order valence-electron chi connectivity index (χ1n) is 14.6. The minimum absolute atomic E-state index is 0.177. The number of carbonyl (C=O) groups is 2. The highest BCUT2D eigenvalue weighted by Gasteiger charge is 2.22. The van der Waals surface area contributed by atoms with Crippen molar-refractivity contribution in [1.29, 1.82) is 5.41 Å². The summed E-state index contributed by atoms with van der Waals surface area (Å²) in [5.74, 6) is 6.03. The number of benzene rings is 4. The summed E-state index contributed by atoms with van der Waals surface area (Å²) in [5, 5.41) is 8.65. The molecule has 4 aromatic carbocycles. The Balaban J connectivity index is 1.49. The summed E-state index contributed by atoms with van der Waals surface area (Å²) in [7, 11) is 1.30. The lowest BCUT2D eigenvalue weighted by Crippen LogP contribution is -2.36. The van der Waals surface area contributed by atoms with E-state index in [1.807, 2.05) is 36.4 Å². The summed E-state index contributed by atoms with van der Waals surface area (Å²) < 4.78 is 10.0. The number of aryl methyl sites for hydroxylation is 1. The fourth-order valence-electron chi connectivity index (χ4n) is 4.50. The van der Waals surface area contributed by atoms with Crippen molar-refractivity contribution in [1.82, 2.24) is 4.90 Å². The van der Waals surface area contributed by atoms with Gasteiger partial charge in [0.15, 0.2) is 6.61 Å². The van der Waals surface area contributed by atoms with Crippen molar-refractivity contribution in [2.45, 2.75) is 39.3 Å². The lowest BCUT2D eigenvalue weighted by atomic mass is 10.1. The van der Waals surface area contributed by atoms with Crippen LogP contribution in [0.1, 0.15) is 53.1 Å². The van der Waals surface area contributed by atoms with E-state index in [0.717, 1.165) is 28.7 Å². The number of nitrogens with zero attached hydrogens (tertiary/aromatic N) is 1. The molecule has 0 bridgehead atoms. The van der Waals surface area contributed by atoms with Gasteiger partial charge in [-0.05, 0) is 72.0 Å². The normalized spacial score (nSPS) is 10.3. The van der Waals surface area contributed by atoms with E-state index in [0.29, 0.717) is 17.0 Å². The number of hydrogen-bond acceptors (Lipinski definition) is 6. The van der Waals surface area contributed by atoms with Gasteiger partial charge in [0.25, 0.3) is 5.91 Å². The van der Waals surface area contributed by atoms with Crippen LogP contribution in [0.15, 0.2) is 97.1 Å². The van der Waals surface area contributed by atoms with Crippen molar-refractivity contribution in [3.63, 3.8) is 0 Å². The topological polar surface area (TPSA) is 106 Å². The fourth-order valence-corrected chi connectivity index (χ4v) is 4.50. The van der Waals surface area contributed by atoms with Crippen LogP contribution in [0.5, 0.6) is 5.75 Å². The van der Waals surface area contributed by atoms with E-state index in [2.05, 4.69) is 47.8 Å². The van der Waals surface area contributed by atoms with Crippen LogP contribution in [-0.2, 0) is 33.8 Å². The van der Waals surface area contributed by atoms with E-state index < -0.39 is 11.9 Å². The molecule has 0 fully saturated rings. The minimum Gasteiger partial charge on any atom is -0.482 e. The Bertz CT molecular complexity index is 1630. The Morgan fingerprint density at radius 1 is 0.795 bits per heavy atom. The van der Waals surface area contributed by atoms with Crippen molar-refractivity contribution >= 4 is 23.3 Å². The number of anilines is 1. The zero-order chi connectivity index (χ0) is 31.3. The van der Waals surface area contributed by atoms with Crippen molar-refractivity contribution in [2.75, 3.05) is 19.5 Å². The van der Waals surface area contributed by atoms with E-state index in [-0.39, 0.29) is 25.4 Å². The summed E-state index contributed by atoms with van der Waals surface area (Å²) in [6, 6.07) is 30.1. The van der Waals surface area contributed by atoms with Gasteiger partial charge in [0, 0.05) is 35.5 Å². The molecule has 7 heteroatoms. The molecule has 0 aliphatic carbocycles. The van der Waals surface area contributed by atoms with Gasteiger partial charge in [-0.2, -0.15) is 0 Å². The summed E-state index contributed by atoms with van der Waals surface area (Å²) in [6.07, 6.45) is 3.44. The zero-order valence-electron chi connectivity index (χ0n) is 25.1. The number of rotatable bonds is 12. The third-order valence-corrected chi connectivity index (χ3v) is 7.06. The number of methoxy groups -OCH3 is 1. The first kappa shape index (κ1) is 31.6. The summed E-state index contributed by atoms with van der Waals surface area (Å²) in [6.45, 7) is 2.53. The second-order valence-electron chi connectivity index (χ2n) is 10.4. The van der Waals surface area contributed by atoms with Gasteiger partial charge < -0.3 is 20.1 Å². The quantitative estimate of drug-likeness (QED) is 0.0894. The fraction of sp³-hybridized carbons (Fsp3) is 0.216. The molecule has 7 nitrogen and oxygen atoms in total. The molecule has 0 aliphatic heterocycles. The Hall–Kier alpha value is -5.35. The van der Waals surface area contributed by atoms with E-state index in [9.17, 15) is 9.59 Å². The lowest BCUT2D eigenvalue weighted by Gasteiger charge is -2.24. The molecule has 0 aliphatic rings. The second-order valence-corrected chi connectivity index (χ2v) is 10.4. The predicted octanol–water partition coefficient (Wildman–Crippen LogP) is 6.16. The molecule has 3 N–H and O–H groups in total. The maximum atomic E-state index is 13.6. The first-order chi connectivity index (χ1) is 21.4. The Labute approximate surface area is 259 Å². The van der Waals surface area contributed by atoms with Crippen LogP contribution in [0.4, 0.5) is 5.69 Å². The van der Waals surface area contributed by atoms with Crippen molar-refractivity contribution in [3.8, 4) is 17.6 Å². The van der Waals surface area contributed by atoms with Gasteiger partial charge in [-0.1, -0.05) is 79.8 Å². The number of carbonyl (C=O) groups excluding carboxylic acids is 2. The molecule has 0 aromatic heterocycles. The average molecular weight is 588 g/mol. The van der Waals surface area contributed by atoms with E-state index >= 15 is 0 Å². The highest BCUT2D eigenvalue weighted by molar-refractivity contribution is 6.45. The smallest absolute Gasteiger partial charge is 0.343 e. The minimum atomic E-state index is -0.474. The number of hydrogen-bond donors (Lipinski definition) is 2. The molecule has 1 amide bonds. The predicted molar refractivity (Wildman–Crippen MR) is 173 cm³/mol. The van der Waals surface area contributed by atoms with E-state index in [1.54, 1.807) is 41.3 Å². The molecule has 0 spiro atoms. The molecule has 4 rings (SSSR count). The summed E-state index contributed by atoms with van der Waals surface area (Å²) in [4.78, 5) is 26.6. The molecule has 44 heavy (non-hydrogen) atoms. The number of amides is 1. The maximum Gasteiger partial charge on any atom is 0.343 e. The van der Waals surface area contributed by atoms with Gasteiger partial charge in [-0.25, -0.2) is 4.79 Å². The van der Waals surface area contributed by atoms with Gasteiger partial charge in [-0.15, -0.1) is 0 Å². The number of ether oxygens (including phenoxy) is 2. The van der Waals surface area contributed by atoms with Crippen molar-refractivity contribution in [3.05, 3.63) is 130 Å². The molecule has 0 radical (unpaired) electrons. The number of nitrogen functional groups attached to an aromatic ring is 1. The average Bonchev–Trinajstić information content (AvgIpc) is 3.06. The summed E-state index contributed by atoms with van der Waals surface area (Å²) >= 11 is 0. The Morgan fingerprint density at radius 2 is 1.34 bits per heavy atom. The molecule has 0 atom stereocenters. The molecule has 0 unspecified atom stereocenters. The van der Waals surface area contributed by atoms with Gasteiger partial charge >= 0.3 is 5.97 Å². The summed E-state index contributed by atoms with van der Waals surface area (Å²) in [5.41, 5.74) is 11.6. The zero-order valence-corrected chi connectivity index (χ0v) is 25.1. The van der Waals surface area contributed by atoms with Crippen LogP contribution >= 0.6 is 0 Å². The van der Waals surface area contributed by atoms with Gasteiger partial charge in [0.2, 0.25) is 0 Å². The van der Waals surface area contributed by atoms with Crippen molar-refractivity contribution < 1.29 is 19.1 Å². The largest absolute Gasteiger partial charge is 0.482 e. The van der Waals surface area contributed by atoms with Crippen LogP contribution in [0, 0.1) is 17.3 Å². The molecular formula is C37H37N3O4. The SMILES string of the molecule is CCCCc1ccc(C#Cc2ccc(CN(Cc3ccc(OCC(=O)OC)cc3)C(=O)C(=N)c3ccccc3N)cc2)cc1. The molecule has 0 saturated carbocycles. The lowest BCUT2D eigenvalue weighted by molar-refractivity contribution is -0.142. The van der Waals surface area contributed by atoms with E-state index in [4.69, 9.17) is 15.9 Å². The third kappa shape index (κ3) is 9.07. The number of unbranched alkanes of at least 4 members (excludes halogenated alkanes) is 1. The molecular weight excluding hydrogens is 550 g/mol. The molecule has 0 saturated heterocycles. The molecule has 224 valence electrons. The maximum absolute atomic E-state index is 13.6. The highest BCUT2D eigenvalue weighted by atomic mass is 16.6. The second kappa shape index (κ2) is 15.8. The third-order valence-electron chi connectivity index (χ3n) is 7.06. The van der Waals surface area contributed by atoms with Crippen LogP contribution in [0.25, 0.3) is 0 Å². The Kier molecular flexibility index (Phi) is 11.3. The van der Waals surface area contributed by atoms with Gasteiger partial charge in [0.1, 0.15) is 11.5 Å². The van der Waals surface area contributed by atoms with Crippen LogP contribution in [0.3, 0.4) is 0 Å². The van der Waals surface area contributed by atoms with Gasteiger partial charge in [0.05, 0.1) is 7.11 Å². The number of esters is 1. The first-order valence-corrected chi connectivity index (χ1v) is 14.6. The number of nitrogens with one attached hydrogen (secondary N) is 1. The van der Waals surface area contributed by atoms with Crippen LogP contribution in [-0.4, -0.2) is 36.2 Å². The van der Waals surface area contributed by atoms with Gasteiger partial charge in [-0.3, -0.25) is 10.2 Å². The van der Waals surface area contributed by atoms with Crippen molar-refractivity contribution in [2.24, 2.45) is 0 Å². The Morgan fingerprint density at radius 3 is 1.89 bits per heavy atom. The molecule has 0 heterocycles. The molecule has 4 aromatic rings.